The van der Waals surface area contributed by atoms with Crippen LogP contribution in [-0.2, 0) is 6.61 Å². The first kappa shape index (κ1) is 18.3. The van der Waals surface area contributed by atoms with E-state index in [9.17, 15) is 4.79 Å². The smallest absolute Gasteiger partial charge is 0.265 e. The predicted octanol–water partition coefficient (Wildman–Crippen LogP) is 5.55. The molecule has 26 heavy (non-hydrogen) atoms. The molecule has 3 aromatic rings. The van der Waals surface area contributed by atoms with E-state index in [1.807, 2.05) is 48.7 Å². The quantitative estimate of drug-likeness (QED) is 0.603. The molecule has 0 radical (unpaired) electrons. The molecule has 0 aliphatic rings. The van der Waals surface area contributed by atoms with Gasteiger partial charge in [-0.05, 0) is 48.2 Å². The molecule has 0 spiro atoms. The van der Waals surface area contributed by atoms with E-state index in [1.54, 1.807) is 19.2 Å². The summed E-state index contributed by atoms with van der Waals surface area (Å²) >= 11 is 7.51. The van der Waals surface area contributed by atoms with Crippen molar-refractivity contribution in [2.24, 2.45) is 0 Å². The number of hydrogen-bond donors (Lipinski definition) is 1. The van der Waals surface area contributed by atoms with E-state index >= 15 is 0 Å². The zero-order chi connectivity index (χ0) is 18.5. The minimum Gasteiger partial charge on any atom is -0.495 e. The summed E-state index contributed by atoms with van der Waals surface area (Å²) in [7, 11) is 1.57. The number of carbonyl (C=O) groups is 1. The molecule has 0 aliphatic heterocycles. The molecule has 1 heterocycles. The first-order valence-corrected chi connectivity index (χ1v) is 9.23. The van der Waals surface area contributed by atoms with Crippen LogP contribution in [0.5, 0.6) is 11.5 Å². The van der Waals surface area contributed by atoms with Crippen molar-refractivity contribution in [1.82, 2.24) is 0 Å². The third kappa shape index (κ3) is 4.36. The monoisotopic (exact) mass is 387 g/mol. The molecule has 134 valence electrons. The Morgan fingerprint density at radius 1 is 1.15 bits per heavy atom. The van der Waals surface area contributed by atoms with Gasteiger partial charge in [-0.15, -0.1) is 11.3 Å². The van der Waals surface area contributed by atoms with Crippen molar-refractivity contribution in [3.63, 3.8) is 0 Å². The van der Waals surface area contributed by atoms with Crippen LogP contribution in [0.2, 0.25) is 5.02 Å². The molecular formula is C20H18ClNO3S. The molecule has 1 N–H and O–H groups in total. The maximum Gasteiger partial charge on any atom is 0.265 e. The third-order valence-corrected chi connectivity index (χ3v) is 5.00. The van der Waals surface area contributed by atoms with E-state index in [-0.39, 0.29) is 5.91 Å². The Hall–Kier alpha value is -2.50. The highest BCUT2D eigenvalue weighted by atomic mass is 35.5. The summed E-state index contributed by atoms with van der Waals surface area (Å²) in [6.07, 6.45) is 0. The standard InChI is InChI=1S/C20H18ClNO3S/c1-13-7-8-15(21)18(9-13)25-11-14-10-19(26-12-14)20(23)22-16-5-3-4-6-17(16)24-2/h3-10,12H,11H2,1-2H3,(H,22,23). The number of para-hydroxylation sites is 2. The lowest BCUT2D eigenvalue weighted by atomic mass is 10.2. The second-order valence-corrected chi connectivity index (χ2v) is 7.01. The first-order valence-electron chi connectivity index (χ1n) is 7.97. The summed E-state index contributed by atoms with van der Waals surface area (Å²) in [4.78, 5) is 13.1. The van der Waals surface area contributed by atoms with E-state index in [0.29, 0.717) is 33.7 Å². The van der Waals surface area contributed by atoms with Gasteiger partial charge in [0.05, 0.1) is 22.7 Å². The fraction of sp³-hybridized carbons (Fsp3) is 0.150. The van der Waals surface area contributed by atoms with Crippen LogP contribution in [-0.4, -0.2) is 13.0 Å². The third-order valence-electron chi connectivity index (χ3n) is 3.71. The molecule has 1 aromatic heterocycles. The highest BCUT2D eigenvalue weighted by Gasteiger charge is 2.12. The molecule has 6 heteroatoms. The van der Waals surface area contributed by atoms with E-state index in [1.165, 1.54) is 11.3 Å². The molecule has 0 atom stereocenters. The van der Waals surface area contributed by atoms with Gasteiger partial charge in [0, 0.05) is 5.56 Å². The molecule has 3 rings (SSSR count). The Labute approximate surface area is 161 Å². The Bertz CT molecular complexity index is 923. The second kappa shape index (κ2) is 8.25. The highest BCUT2D eigenvalue weighted by Crippen LogP contribution is 2.28. The maximum atomic E-state index is 12.5. The largest absolute Gasteiger partial charge is 0.495 e. The summed E-state index contributed by atoms with van der Waals surface area (Å²) in [6.45, 7) is 2.33. The number of carbonyl (C=O) groups excluding carboxylic acids is 1. The van der Waals surface area contributed by atoms with Crippen LogP contribution in [0, 0.1) is 6.92 Å². The topological polar surface area (TPSA) is 47.6 Å². The molecule has 0 saturated heterocycles. The summed E-state index contributed by atoms with van der Waals surface area (Å²) in [5, 5.41) is 5.34. The number of nitrogens with one attached hydrogen (secondary N) is 1. The minimum absolute atomic E-state index is 0.181. The fourth-order valence-electron chi connectivity index (χ4n) is 2.38. The Morgan fingerprint density at radius 2 is 1.96 bits per heavy atom. The zero-order valence-electron chi connectivity index (χ0n) is 14.4. The van der Waals surface area contributed by atoms with Crippen molar-refractivity contribution in [3.05, 3.63) is 74.9 Å². The Kier molecular flexibility index (Phi) is 5.81. The average Bonchev–Trinajstić information content (AvgIpc) is 3.12. The normalized spacial score (nSPS) is 10.4. The number of halogens is 1. The molecule has 0 fully saturated rings. The number of aryl methyl sites for hydroxylation is 1. The van der Waals surface area contributed by atoms with Crippen molar-refractivity contribution in [1.29, 1.82) is 0 Å². The minimum atomic E-state index is -0.181. The van der Waals surface area contributed by atoms with Crippen LogP contribution in [0.25, 0.3) is 0 Å². The lowest BCUT2D eigenvalue weighted by Crippen LogP contribution is -2.11. The molecule has 2 aromatic carbocycles. The summed E-state index contributed by atoms with van der Waals surface area (Å²) in [5.74, 6) is 1.08. The molecule has 1 amide bonds. The predicted molar refractivity (Wildman–Crippen MR) is 106 cm³/mol. The first-order chi connectivity index (χ1) is 12.6. The SMILES string of the molecule is COc1ccccc1NC(=O)c1cc(COc2cc(C)ccc2Cl)cs1. The fourth-order valence-corrected chi connectivity index (χ4v) is 3.35. The van der Waals surface area contributed by atoms with Gasteiger partial charge in [-0.2, -0.15) is 0 Å². The van der Waals surface area contributed by atoms with Gasteiger partial charge in [-0.1, -0.05) is 29.8 Å². The number of methoxy groups -OCH3 is 1. The van der Waals surface area contributed by atoms with Crippen LogP contribution < -0.4 is 14.8 Å². The van der Waals surface area contributed by atoms with Gasteiger partial charge < -0.3 is 14.8 Å². The van der Waals surface area contributed by atoms with Gasteiger partial charge >= 0.3 is 0 Å². The molecular weight excluding hydrogens is 370 g/mol. The lowest BCUT2D eigenvalue weighted by Gasteiger charge is -2.09. The molecule has 0 aliphatic carbocycles. The lowest BCUT2D eigenvalue weighted by molar-refractivity contribution is 0.103. The summed E-state index contributed by atoms with van der Waals surface area (Å²) in [5.41, 5.74) is 2.63. The molecule has 0 bridgehead atoms. The molecule has 4 nitrogen and oxygen atoms in total. The Balaban J connectivity index is 1.65. The van der Waals surface area contributed by atoms with Gasteiger partial charge in [-0.25, -0.2) is 0 Å². The van der Waals surface area contributed by atoms with Gasteiger partial charge in [0.2, 0.25) is 0 Å². The van der Waals surface area contributed by atoms with Crippen molar-refractivity contribution in [2.45, 2.75) is 13.5 Å². The number of benzene rings is 2. The number of rotatable bonds is 6. The van der Waals surface area contributed by atoms with E-state index in [4.69, 9.17) is 21.1 Å². The average molecular weight is 388 g/mol. The maximum absolute atomic E-state index is 12.5. The van der Waals surface area contributed by atoms with Crippen LogP contribution >= 0.6 is 22.9 Å². The number of anilines is 1. The molecule has 0 unspecified atom stereocenters. The second-order valence-electron chi connectivity index (χ2n) is 5.70. The summed E-state index contributed by atoms with van der Waals surface area (Å²) < 4.78 is 11.0. The van der Waals surface area contributed by atoms with Gasteiger partial charge in [0.1, 0.15) is 18.1 Å². The van der Waals surface area contributed by atoms with Crippen molar-refractivity contribution < 1.29 is 14.3 Å². The Morgan fingerprint density at radius 3 is 2.77 bits per heavy atom. The van der Waals surface area contributed by atoms with Crippen LogP contribution in [0.4, 0.5) is 5.69 Å². The molecule has 0 saturated carbocycles. The van der Waals surface area contributed by atoms with Crippen molar-refractivity contribution in [2.75, 3.05) is 12.4 Å². The van der Waals surface area contributed by atoms with Gasteiger partial charge in [-0.3, -0.25) is 4.79 Å². The van der Waals surface area contributed by atoms with E-state index in [2.05, 4.69) is 5.32 Å². The van der Waals surface area contributed by atoms with Crippen LogP contribution in [0.15, 0.2) is 53.9 Å². The highest BCUT2D eigenvalue weighted by molar-refractivity contribution is 7.12. The number of thiophene rings is 1. The number of amides is 1. The van der Waals surface area contributed by atoms with Crippen LogP contribution in [0.1, 0.15) is 20.8 Å². The summed E-state index contributed by atoms with van der Waals surface area (Å²) in [6, 6.07) is 14.8. The van der Waals surface area contributed by atoms with Gasteiger partial charge in [0.25, 0.3) is 5.91 Å². The van der Waals surface area contributed by atoms with E-state index < -0.39 is 0 Å². The van der Waals surface area contributed by atoms with E-state index in [0.717, 1.165) is 11.1 Å². The van der Waals surface area contributed by atoms with Crippen molar-refractivity contribution in [3.8, 4) is 11.5 Å². The van der Waals surface area contributed by atoms with Crippen molar-refractivity contribution >= 4 is 34.5 Å². The number of ether oxygens (including phenoxy) is 2. The van der Waals surface area contributed by atoms with Gasteiger partial charge in [0.15, 0.2) is 0 Å². The zero-order valence-corrected chi connectivity index (χ0v) is 16.0. The number of hydrogen-bond acceptors (Lipinski definition) is 4. The van der Waals surface area contributed by atoms with Crippen LogP contribution in [0.3, 0.4) is 0 Å².